The van der Waals surface area contributed by atoms with Crippen LogP contribution in [0.1, 0.15) is 17.7 Å². The van der Waals surface area contributed by atoms with Gasteiger partial charge in [0, 0.05) is 12.7 Å². The van der Waals surface area contributed by atoms with Crippen LogP contribution in [0.3, 0.4) is 0 Å². The van der Waals surface area contributed by atoms with Crippen LogP contribution in [0.25, 0.3) is 0 Å². The Bertz CT molecular complexity index is 502. The first-order valence-electron chi connectivity index (χ1n) is 6.13. The quantitative estimate of drug-likeness (QED) is 0.511. The zero-order chi connectivity index (χ0) is 13.0. The van der Waals surface area contributed by atoms with E-state index in [1.807, 2.05) is 42.5 Å². The maximum Gasteiger partial charge on any atom is 0.0939 e. The molecule has 0 aliphatic heterocycles. The summed E-state index contributed by atoms with van der Waals surface area (Å²) in [6.45, 7) is 2.03. The zero-order valence-corrected chi connectivity index (χ0v) is 11.7. The van der Waals surface area contributed by atoms with Crippen molar-refractivity contribution in [1.29, 1.82) is 0 Å². The molecule has 1 heterocycles. The zero-order valence-electron chi connectivity index (χ0n) is 10.9. The minimum atomic E-state index is 0.832. The molecule has 0 atom stereocenters. The van der Waals surface area contributed by atoms with Gasteiger partial charge in [-0.2, -0.15) is 5.10 Å². The van der Waals surface area contributed by atoms with E-state index in [0.29, 0.717) is 0 Å². The van der Waals surface area contributed by atoms with Gasteiger partial charge in [0.15, 0.2) is 0 Å². The Balaban J connectivity index is 1.76. The fraction of sp³-hybridized carbons (Fsp3) is 0.357. The highest BCUT2D eigenvalue weighted by Gasteiger charge is 2.02. The number of thioether (sulfide) groups is 1. The molecule has 0 saturated carbocycles. The monoisotopic (exact) mass is 261 g/mol. The third-order valence-corrected chi connectivity index (χ3v) is 3.97. The Hall–Kier alpha value is -1.42. The van der Waals surface area contributed by atoms with Crippen LogP contribution in [-0.2, 0) is 13.5 Å². The molecule has 1 aromatic heterocycles. The van der Waals surface area contributed by atoms with Gasteiger partial charge in [-0.1, -0.05) is 12.1 Å². The van der Waals surface area contributed by atoms with Crippen molar-refractivity contribution < 1.29 is 0 Å². The molecular weight excluding hydrogens is 242 g/mol. The lowest BCUT2D eigenvalue weighted by atomic mass is 10.1. The third kappa shape index (κ3) is 3.53. The smallest absolute Gasteiger partial charge is 0.0939 e. The second-order valence-electron chi connectivity index (χ2n) is 4.44. The summed E-state index contributed by atoms with van der Waals surface area (Å²) >= 11 is 1.87. The predicted molar refractivity (Wildman–Crippen MR) is 77.8 cm³/mol. The van der Waals surface area contributed by atoms with Crippen LogP contribution in [0.4, 0.5) is 5.69 Å². The van der Waals surface area contributed by atoms with Gasteiger partial charge in [0.25, 0.3) is 0 Å². The van der Waals surface area contributed by atoms with E-state index in [9.17, 15) is 0 Å². The number of aromatic nitrogens is 2. The van der Waals surface area contributed by atoms with E-state index in [0.717, 1.165) is 23.6 Å². The lowest BCUT2D eigenvalue weighted by molar-refractivity contribution is 0.692. The van der Waals surface area contributed by atoms with Crippen LogP contribution in [0.2, 0.25) is 0 Å². The summed E-state index contributed by atoms with van der Waals surface area (Å²) in [5.41, 5.74) is 8.93. The lowest BCUT2D eigenvalue weighted by Crippen LogP contribution is -1.94. The molecule has 18 heavy (non-hydrogen) atoms. The average Bonchev–Trinajstić information content (AvgIpc) is 2.66. The fourth-order valence-corrected chi connectivity index (χ4v) is 2.84. The summed E-state index contributed by atoms with van der Waals surface area (Å²) in [5, 5.41) is 5.58. The molecule has 1 aromatic carbocycles. The van der Waals surface area contributed by atoms with E-state index in [1.165, 1.54) is 17.0 Å². The van der Waals surface area contributed by atoms with Gasteiger partial charge < -0.3 is 5.73 Å². The number of rotatable bonds is 5. The standard InChI is InChI=1S/C14H19N3S/c1-11-10-14(17(2)16-11)18-9-3-4-12-5-7-13(15)8-6-12/h5-8,10H,3-4,9,15H2,1-2H3. The van der Waals surface area contributed by atoms with Gasteiger partial charge in [-0.05, 0) is 49.3 Å². The molecular formula is C14H19N3S. The molecule has 0 unspecified atom stereocenters. The van der Waals surface area contributed by atoms with Gasteiger partial charge in [-0.15, -0.1) is 11.8 Å². The molecule has 0 spiro atoms. The molecule has 3 nitrogen and oxygen atoms in total. The topological polar surface area (TPSA) is 43.8 Å². The Morgan fingerprint density at radius 3 is 2.61 bits per heavy atom. The number of nitrogen functional groups attached to an aromatic ring is 1. The first-order chi connectivity index (χ1) is 8.65. The highest BCUT2D eigenvalue weighted by Crippen LogP contribution is 2.20. The van der Waals surface area contributed by atoms with E-state index >= 15 is 0 Å². The van der Waals surface area contributed by atoms with Crippen molar-refractivity contribution in [3.8, 4) is 0 Å². The fourth-order valence-electron chi connectivity index (χ4n) is 1.86. The maximum atomic E-state index is 5.66. The van der Waals surface area contributed by atoms with Gasteiger partial charge in [0.1, 0.15) is 0 Å². The van der Waals surface area contributed by atoms with Crippen molar-refractivity contribution in [2.75, 3.05) is 11.5 Å². The number of anilines is 1. The minimum absolute atomic E-state index is 0.832. The van der Waals surface area contributed by atoms with E-state index in [2.05, 4.69) is 23.3 Å². The van der Waals surface area contributed by atoms with Gasteiger partial charge >= 0.3 is 0 Å². The van der Waals surface area contributed by atoms with Crippen LogP contribution in [0.15, 0.2) is 35.4 Å². The second kappa shape index (κ2) is 5.96. The van der Waals surface area contributed by atoms with E-state index < -0.39 is 0 Å². The number of nitrogens with zero attached hydrogens (tertiary/aromatic N) is 2. The molecule has 0 saturated heterocycles. The van der Waals surface area contributed by atoms with E-state index in [1.54, 1.807) is 0 Å². The van der Waals surface area contributed by atoms with Gasteiger partial charge in [-0.3, -0.25) is 4.68 Å². The molecule has 0 aliphatic carbocycles. The first kappa shape index (κ1) is 13.0. The summed E-state index contributed by atoms with van der Waals surface area (Å²) in [4.78, 5) is 0. The molecule has 96 valence electrons. The molecule has 0 bridgehead atoms. The van der Waals surface area contributed by atoms with Crippen molar-refractivity contribution in [2.45, 2.75) is 24.8 Å². The Morgan fingerprint density at radius 2 is 2.00 bits per heavy atom. The van der Waals surface area contributed by atoms with Crippen molar-refractivity contribution >= 4 is 17.4 Å². The number of benzene rings is 1. The molecule has 0 fully saturated rings. The predicted octanol–water partition coefficient (Wildman–Crippen LogP) is 3.04. The van der Waals surface area contributed by atoms with Crippen LogP contribution in [0, 0.1) is 6.92 Å². The SMILES string of the molecule is Cc1cc(SCCCc2ccc(N)cc2)n(C)n1. The minimum Gasteiger partial charge on any atom is -0.399 e. The Morgan fingerprint density at radius 1 is 1.28 bits per heavy atom. The van der Waals surface area contributed by atoms with E-state index in [-0.39, 0.29) is 0 Å². The van der Waals surface area contributed by atoms with Gasteiger partial charge in [0.2, 0.25) is 0 Å². The summed E-state index contributed by atoms with van der Waals surface area (Å²) < 4.78 is 1.95. The third-order valence-electron chi connectivity index (χ3n) is 2.80. The van der Waals surface area contributed by atoms with E-state index in [4.69, 9.17) is 5.73 Å². The molecule has 0 amide bonds. The summed E-state index contributed by atoms with van der Waals surface area (Å²) in [6.07, 6.45) is 2.27. The van der Waals surface area contributed by atoms with Gasteiger partial charge in [-0.25, -0.2) is 0 Å². The summed E-state index contributed by atoms with van der Waals surface area (Å²) in [7, 11) is 2.00. The highest BCUT2D eigenvalue weighted by molar-refractivity contribution is 7.99. The van der Waals surface area contributed by atoms with Crippen LogP contribution in [0.5, 0.6) is 0 Å². The summed E-state index contributed by atoms with van der Waals surface area (Å²) in [5.74, 6) is 1.11. The molecule has 0 aliphatic rings. The Kier molecular flexibility index (Phi) is 4.31. The number of hydrogen-bond acceptors (Lipinski definition) is 3. The molecule has 2 rings (SSSR count). The molecule has 2 N–H and O–H groups in total. The largest absolute Gasteiger partial charge is 0.399 e. The van der Waals surface area contributed by atoms with Crippen LogP contribution < -0.4 is 5.73 Å². The summed E-state index contributed by atoms with van der Waals surface area (Å²) in [6, 6.07) is 10.3. The van der Waals surface area contributed by atoms with Gasteiger partial charge in [0.05, 0.1) is 10.7 Å². The van der Waals surface area contributed by atoms with Crippen molar-refractivity contribution in [2.24, 2.45) is 7.05 Å². The van der Waals surface area contributed by atoms with Crippen molar-refractivity contribution in [3.63, 3.8) is 0 Å². The maximum absolute atomic E-state index is 5.66. The van der Waals surface area contributed by atoms with Crippen molar-refractivity contribution in [1.82, 2.24) is 9.78 Å². The molecule has 4 heteroatoms. The average molecular weight is 261 g/mol. The molecule has 0 radical (unpaired) electrons. The number of hydrogen-bond donors (Lipinski definition) is 1. The number of aryl methyl sites for hydroxylation is 3. The number of nitrogens with two attached hydrogens (primary N) is 1. The first-order valence-corrected chi connectivity index (χ1v) is 7.11. The normalized spacial score (nSPS) is 10.8. The Labute approximate surface area is 112 Å². The van der Waals surface area contributed by atoms with Crippen molar-refractivity contribution in [3.05, 3.63) is 41.6 Å². The van der Waals surface area contributed by atoms with Crippen LogP contribution in [-0.4, -0.2) is 15.5 Å². The lowest BCUT2D eigenvalue weighted by Gasteiger charge is -2.03. The highest BCUT2D eigenvalue weighted by atomic mass is 32.2. The molecule has 2 aromatic rings. The van der Waals surface area contributed by atoms with Crippen LogP contribution >= 0.6 is 11.8 Å². The second-order valence-corrected chi connectivity index (χ2v) is 5.56.